The van der Waals surface area contributed by atoms with Crippen LogP contribution in [0.1, 0.15) is 15.2 Å². The third-order valence-electron chi connectivity index (χ3n) is 3.04. The molecule has 0 saturated heterocycles. The van der Waals surface area contributed by atoms with Crippen molar-refractivity contribution < 1.29 is 18.0 Å². The summed E-state index contributed by atoms with van der Waals surface area (Å²) >= 11 is 1.24. The third kappa shape index (κ3) is 2.97. The van der Waals surface area contributed by atoms with Crippen molar-refractivity contribution in [2.75, 3.05) is 0 Å². The zero-order chi connectivity index (χ0) is 15.0. The van der Waals surface area contributed by atoms with Gasteiger partial charge in [0.25, 0.3) is 0 Å². The van der Waals surface area contributed by atoms with Gasteiger partial charge in [0.1, 0.15) is 17.5 Å². The first kappa shape index (κ1) is 13.8. The number of ketones is 1. The highest BCUT2D eigenvalue weighted by Gasteiger charge is 2.13. The summed E-state index contributed by atoms with van der Waals surface area (Å²) in [6.07, 6.45) is -0.0933. The average Bonchev–Trinajstić information content (AvgIpc) is 2.80. The minimum absolute atomic E-state index is 0.0933. The predicted octanol–water partition coefficient (Wildman–Crippen LogP) is 4.74. The van der Waals surface area contributed by atoms with Gasteiger partial charge in [-0.2, -0.15) is 0 Å². The Hall–Kier alpha value is -2.14. The van der Waals surface area contributed by atoms with Crippen LogP contribution in [0.5, 0.6) is 0 Å². The van der Waals surface area contributed by atoms with Crippen molar-refractivity contribution in [3.8, 4) is 0 Å². The number of carbonyl (C=O) groups is 1. The van der Waals surface area contributed by atoms with E-state index < -0.39 is 11.6 Å². The Morgan fingerprint density at radius 2 is 1.62 bits per heavy atom. The molecule has 1 aromatic heterocycles. The second-order valence-corrected chi connectivity index (χ2v) is 5.75. The van der Waals surface area contributed by atoms with Crippen molar-refractivity contribution in [2.24, 2.45) is 0 Å². The summed E-state index contributed by atoms with van der Waals surface area (Å²) in [6, 6.07) is 8.91. The Kier molecular flexibility index (Phi) is 3.51. The summed E-state index contributed by atoms with van der Waals surface area (Å²) in [5, 5.41) is 0.647. The minimum atomic E-state index is -0.712. The van der Waals surface area contributed by atoms with Crippen LogP contribution in [0.25, 0.3) is 10.1 Å². The molecule has 2 aromatic carbocycles. The molecule has 0 spiro atoms. The molecule has 1 nitrogen and oxygen atoms in total. The Balaban J connectivity index is 1.89. The lowest BCUT2D eigenvalue weighted by Gasteiger charge is -2.00. The highest BCUT2D eigenvalue weighted by molar-refractivity contribution is 7.20. The van der Waals surface area contributed by atoms with Crippen LogP contribution in [0.2, 0.25) is 0 Å². The van der Waals surface area contributed by atoms with Crippen LogP contribution in [0.4, 0.5) is 13.2 Å². The molecule has 1 heterocycles. The lowest BCUT2D eigenvalue weighted by molar-refractivity contribution is 0.0997. The molecule has 0 amide bonds. The van der Waals surface area contributed by atoms with Gasteiger partial charge in [0.2, 0.25) is 0 Å². The molecule has 0 unspecified atom stereocenters. The zero-order valence-electron chi connectivity index (χ0n) is 10.7. The maximum Gasteiger partial charge on any atom is 0.177 e. The van der Waals surface area contributed by atoms with Gasteiger partial charge < -0.3 is 0 Å². The van der Waals surface area contributed by atoms with Gasteiger partial charge in [0.15, 0.2) is 5.78 Å². The second-order valence-electron chi connectivity index (χ2n) is 4.67. The van der Waals surface area contributed by atoms with Crippen LogP contribution in [0.15, 0.2) is 42.5 Å². The normalized spacial score (nSPS) is 11.0. The quantitative estimate of drug-likeness (QED) is 0.639. The largest absolute Gasteiger partial charge is 0.293 e. The van der Waals surface area contributed by atoms with Crippen LogP contribution in [-0.4, -0.2) is 5.78 Å². The number of carbonyl (C=O) groups excluding carboxylic acids is 1. The number of benzene rings is 2. The number of hydrogen-bond donors (Lipinski definition) is 0. The van der Waals surface area contributed by atoms with E-state index >= 15 is 0 Å². The maximum absolute atomic E-state index is 13.1. The minimum Gasteiger partial charge on any atom is -0.293 e. The molecular weight excluding hydrogens is 297 g/mol. The fourth-order valence-electron chi connectivity index (χ4n) is 2.14. The van der Waals surface area contributed by atoms with E-state index in [9.17, 15) is 18.0 Å². The van der Waals surface area contributed by atoms with Crippen LogP contribution in [-0.2, 0) is 6.42 Å². The molecule has 0 atom stereocenters. The number of Topliss-reactive ketones (excluding diaryl/α,β-unsaturated/α-hetero) is 1. The topological polar surface area (TPSA) is 17.1 Å². The summed E-state index contributed by atoms with van der Waals surface area (Å²) in [5.74, 6) is -2.04. The van der Waals surface area contributed by atoms with Crippen LogP contribution in [0.3, 0.4) is 0 Å². The van der Waals surface area contributed by atoms with Crippen LogP contribution >= 0.6 is 11.3 Å². The molecule has 0 aliphatic carbocycles. The fraction of sp³-hybridized carbons (Fsp3) is 0.0625. The second kappa shape index (κ2) is 5.33. The molecule has 0 fully saturated rings. The van der Waals surface area contributed by atoms with Gasteiger partial charge in [-0.3, -0.25) is 4.79 Å². The van der Waals surface area contributed by atoms with Crippen molar-refractivity contribution in [2.45, 2.75) is 6.42 Å². The van der Waals surface area contributed by atoms with Crippen molar-refractivity contribution in [1.29, 1.82) is 0 Å². The zero-order valence-corrected chi connectivity index (χ0v) is 11.5. The van der Waals surface area contributed by atoms with Gasteiger partial charge in [-0.05, 0) is 47.3 Å². The summed E-state index contributed by atoms with van der Waals surface area (Å²) in [4.78, 5) is 12.6. The molecule has 0 aliphatic heterocycles. The van der Waals surface area contributed by atoms with E-state index in [1.54, 1.807) is 12.1 Å². The summed E-state index contributed by atoms with van der Waals surface area (Å²) in [5.41, 5.74) is 0.279. The first-order valence-electron chi connectivity index (χ1n) is 6.18. The van der Waals surface area contributed by atoms with Gasteiger partial charge in [0, 0.05) is 17.2 Å². The number of thiophene rings is 1. The Morgan fingerprint density at radius 3 is 2.33 bits per heavy atom. The summed E-state index contributed by atoms with van der Waals surface area (Å²) in [7, 11) is 0. The van der Waals surface area contributed by atoms with Crippen molar-refractivity contribution >= 4 is 27.2 Å². The number of fused-ring (bicyclic) bond motifs is 1. The first-order chi connectivity index (χ1) is 10.0. The van der Waals surface area contributed by atoms with Crippen molar-refractivity contribution in [3.63, 3.8) is 0 Å². The van der Waals surface area contributed by atoms with E-state index in [4.69, 9.17) is 0 Å². The molecule has 3 aromatic rings. The SMILES string of the molecule is O=C(Cc1cc(F)cc(F)c1)c1cc2cc(F)ccc2s1. The maximum atomic E-state index is 13.1. The lowest BCUT2D eigenvalue weighted by atomic mass is 10.1. The molecule has 5 heteroatoms. The van der Waals surface area contributed by atoms with Gasteiger partial charge in [-0.25, -0.2) is 13.2 Å². The summed E-state index contributed by atoms with van der Waals surface area (Å²) < 4.78 is 40.1. The van der Waals surface area contributed by atoms with E-state index in [-0.39, 0.29) is 23.6 Å². The van der Waals surface area contributed by atoms with E-state index in [1.807, 2.05) is 0 Å². The lowest BCUT2D eigenvalue weighted by Crippen LogP contribution is -2.02. The monoisotopic (exact) mass is 306 g/mol. The van der Waals surface area contributed by atoms with Crippen LogP contribution < -0.4 is 0 Å². The molecular formula is C16H9F3OS. The molecule has 0 saturated carbocycles. The van der Waals surface area contributed by atoms with Crippen molar-refractivity contribution in [3.05, 3.63) is 70.4 Å². The molecule has 21 heavy (non-hydrogen) atoms. The Bertz CT molecular complexity index is 818. The standard InChI is InChI=1S/C16H9F3OS/c17-11-1-2-15-10(6-11)7-16(21-15)14(20)5-9-3-12(18)8-13(19)4-9/h1-4,6-8H,5H2. The number of rotatable bonds is 3. The smallest absolute Gasteiger partial charge is 0.177 e. The average molecular weight is 306 g/mol. The molecule has 0 bridgehead atoms. The van der Waals surface area contributed by atoms with Crippen LogP contribution in [0, 0.1) is 17.5 Å². The van der Waals surface area contributed by atoms with E-state index in [0.717, 1.165) is 22.9 Å². The van der Waals surface area contributed by atoms with Gasteiger partial charge in [-0.1, -0.05) is 0 Å². The van der Waals surface area contributed by atoms with Crippen molar-refractivity contribution in [1.82, 2.24) is 0 Å². The number of hydrogen-bond acceptors (Lipinski definition) is 2. The Labute approximate surface area is 122 Å². The highest BCUT2D eigenvalue weighted by atomic mass is 32.1. The first-order valence-corrected chi connectivity index (χ1v) is 7.00. The molecule has 3 rings (SSSR count). The predicted molar refractivity (Wildman–Crippen MR) is 76.2 cm³/mol. The van der Waals surface area contributed by atoms with Gasteiger partial charge >= 0.3 is 0 Å². The fourth-order valence-corrected chi connectivity index (χ4v) is 3.12. The van der Waals surface area contributed by atoms with E-state index in [1.165, 1.54) is 23.5 Å². The van der Waals surface area contributed by atoms with E-state index in [2.05, 4.69) is 0 Å². The molecule has 0 aliphatic rings. The third-order valence-corrected chi connectivity index (χ3v) is 4.20. The molecule has 0 radical (unpaired) electrons. The van der Waals surface area contributed by atoms with E-state index in [0.29, 0.717) is 10.3 Å². The molecule has 0 N–H and O–H groups in total. The highest BCUT2D eigenvalue weighted by Crippen LogP contribution is 2.27. The van der Waals surface area contributed by atoms with Gasteiger partial charge in [0.05, 0.1) is 4.88 Å². The number of halogens is 3. The molecule has 106 valence electrons. The summed E-state index contributed by atoms with van der Waals surface area (Å²) in [6.45, 7) is 0. The Morgan fingerprint density at radius 1 is 0.905 bits per heavy atom. The van der Waals surface area contributed by atoms with Gasteiger partial charge in [-0.15, -0.1) is 11.3 Å².